The van der Waals surface area contributed by atoms with Crippen molar-refractivity contribution in [3.05, 3.63) is 11.6 Å². The van der Waals surface area contributed by atoms with Crippen LogP contribution in [0, 0.1) is 11.8 Å². The SMILES string of the molecule is CC(=CC1CCC(O)C(C(O)(C(F)(F)F)C(F)(F)F)C1)C(=O)O. The van der Waals surface area contributed by atoms with Crippen LogP contribution in [-0.4, -0.2) is 45.3 Å². The Kier molecular flexibility index (Phi) is 5.42. The predicted octanol–water partition coefficient (Wildman–Crippen LogP) is 2.65. The molecule has 0 spiro atoms. The first-order valence-corrected chi connectivity index (χ1v) is 6.67. The highest BCUT2D eigenvalue weighted by Crippen LogP contribution is 2.52. The highest BCUT2D eigenvalue weighted by molar-refractivity contribution is 5.85. The molecule has 0 aromatic rings. The highest BCUT2D eigenvalue weighted by atomic mass is 19.4. The monoisotopic (exact) mass is 350 g/mol. The van der Waals surface area contributed by atoms with Crippen LogP contribution >= 0.6 is 0 Å². The summed E-state index contributed by atoms with van der Waals surface area (Å²) in [5, 5.41) is 27.7. The van der Waals surface area contributed by atoms with Crippen LogP contribution < -0.4 is 0 Å². The summed E-state index contributed by atoms with van der Waals surface area (Å²) >= 11 is 0. The van der Waals surface area contributed by atoms with Crippen molar-refractivity contribution in [2.45, 2.75) is 50.2 Å². The van der Waals surface area contributed by atoms with E-state index in [-0.39, 0.29) is 12.0 Å². The number of aliphatic hydroxyl groups excluding tert-OH is 1. The molecule has 0 aliphatic heterocycles. The van der Waals surface area contributed by atoms with Crippen LogP contribution in [0.1, 0.15) is 26.2 Å². The molecule has 1 rings (SSSR count). The normalized spacial score (nSPS) is 27.9. The van der Waals surface area contributed by atoms with Gasteiger partial charge in [-0.15, -0.1) is 0 Å². The third-order valence-corrected chi connectivity index (χ3v) is 4.08. The fourth-order valence-corrected chi connectivity index (χ4v) is 2.79. The van der Waals surface area contributed by atoms with Gasteiger partial charge < -0.3 is 15.3 Å². The zero-order chi connectivity index (χ0) is 18.2. The molecule has 1 saturated carbocycles. The quantitative estimate of drug-likeness (QED) is 0.540. The lowest BCUT2D eigenvalue weighted by Gasteiger charge is -2.44. The lowest BCUT2D eigenvalue weighted by Crippen LogP contribution is -2.65. The molecule has 0 aromatic heterocycles. The first kappa shape index (κ1) is 19.8. The Morgan fingerprint density at radius 3 is 1.96 bits per heavy atom. The average molecular weight is 350 g/mol. The summed E-state index contributed by atoms with van der Waals surface area (Å²) in [6, 6.07) is 0. The van der Waals surface area contributed by atoms with Crippen LogP contribution in [0.3, 0.4) is 0 Å². The Bertz CT molecular complexity index is 468. The summed E-state index contributed by atoms with van der Waals surface area (Å²) in [6.07, 6.45) is -14.2. The zero-order valence-electron chi connectivity index (χ0n) is 11.9. The van der Waals surface area contributed by atoms with Crippen LogP contribution in [0.5, 0.6) is 0 Å². The number of hydrogen-bond donors (Lipinski definition) is 3. The second-order valence-corrected chi connectivity index (χ2v) is 5.66. The molecule has 10 heteroatoms. The van der Waals surface area contributed by atoms with Gasteiger partial charge in [0.25, 0.3) is 5.60 Å². The lowest BCUT2D eigenvalue weighted by molar-refractivity contribution is -0.393. The Morgan fingerprint density at radius 1 is 1.09 bits per heavy atom. The van der Waals surface area contributed by atoms with Gasteiger partial charge in [-0.25, -0.2) is 4.79 Å². The van der Waals surface area contributed by atoms with Crippen molar-refractivity contribution >= 4 is 5.97 Å². The summed E-state index contributed by atoms with van der Waals surface area (Å²) in [4.78, 5) is 10.7. The summed E-state index contributed by atoms with van der Waals surface area (Å²) in [7, 11) is 0. The summed E-state index contributed by atoms with van der Waals surface area (Å²) in [5.41, 5.74) is -5.28. The van der Waals surface area contributed by atoms with Crippen LogP contribution in [-0.2, 0) is 4.79 Å². The first-order valence-electron chi connectivity index (χ1n) is 6.67. The van der Waals surface area contributed by atoms with Crippen molar-refractivity contribution in [2.24, 2.45) is 11.8 Å². The van der Waals surface area contributed by atoms with Crippen LogP contribution in [0.4, 0.5) is 26.3 Å². The fraction of sp³-hybridized carbons (Fsp3) is 0.769. The third-order valence-electron chi connectivity index (χ3n) is 4.08. The second-order valence-electron chi connectivity index (χ2n) is 5.66. The maximum Gasteiger partial charge on any atom is 0.426 e. The number of rotatable bonds is 3. The van der Waals surface area contributed by atoms with Gasteiger partial charge in [0.05, 0.1) is 6.10 Å². The average Bonchev–Trinajstić information content (AvgIpc) is 2.37. The van der Waals surface area contributed by atoms with Crippen molar-refractivity contribution in [1.82, 2.24) is 0 Å². The molecule has 4 nitrogen and oxygen atoms in total. The van der Waals surface area contributed by atoms with Gasteiger partial charge in [0.15, 0.2) is 0 Å². The maximum atomic E-state index is 12.9. The van der Waals surface area contributed by atoms with Gasteiger partial charge >= 0.3 is 18.3 Å². The molecule has 3 N–H and O–H groups in total. The number of allylic oxidation sites excluding steroid dienone is 1. The molecule has 134 valence electrons. The van der Waals surface area contributed by atoms with E-state index >= 15 is 0 Å². The summed E-state index contributed by atoms with van der Waals surface area (Å²) in [5.74, 6) is -4.80. The van der Waals surface area contributed by atoms with Crippen molar-refractivity contribution in [1.29, 1.82) is 0 Å². The molecule has 1 aliphatic carbocycles. The van der Waals surface area contributed by atoms with Gasteiger partial charge in [-0.2, -0.15) is 26.3 Å². The van der Waals surface area contributed by atoms with Gasteiger partial charge in [-0.05, 0) is 32.1 Å². The van der Waals surface area contributed by atoms with E-state index in [4.69, 9.17) is 5.11 Å². The van der Waals surface area contributed by atoms with E-state index in [0.29, 0.717) is 0 Å². The number of aliphatic hydroxyl groups is 2. The van der Waals surface area contributed by atoms with Crippen LogP contribution in [0.2, 0.25) is 0 Å². The van der Waals surface area contributed by atoms with Gasteiger partial charge in [0.2, 0.25) is 0 Å². The molecule has 3 atom stereocenters. The van der Waals surface area contributed by atoms with Crippen molar-refractivity contribution in [3.8, 4) is 0 Å². The van der Waals surface area contributed by atoms with E-state index in [1.165, 1.54) is 0 Å². The molecule has 3 unspecified atom stereocenters. The highest BCUT2D eigenvalue weighted by Gasteiger charge is 2.74. The molecule has 1 aliphatic rings. The predicted molar refractivity (Wildman–Crippen MR) is 65.3 cm³/mol. The number of carboxylic acid groups (broad SMARTS) is 1. The standard InChI is InChI=1S/C13H16F6O4/c1-6(10(21)22)4-7-2-3-9(20)8(5-7)11(23,12(14,15)16)13(17,18)19/h4,7-9,20,23H,2-3,5H2,1H3,(H,21,22). The van der Waals surface area contributed by atoms with Crippen molar-refractivity contribution in [3.63, 3.8) is 0 Å². The fourth-order valence-electron chi connectivity index (χ4n) is 2.79. The molecule has 1 fully saturated rings. The Labute approximate surface area is 127 Å². The minimum absolute atomic E-state index is 0.0219. The molecule has 23 heavy (non-hydrogen) atoms. The van der Waals surface area contributed by atoms with Crippen LogP contribution in [0.25, 0.3) is 0 Å². The van der Waals surface area contributed by atoms with Crippen LogP contribution in [0.15, 0.2) is 11.6 Å². The summed E-state index contributed by atoms with van der Waals surface area (Å²) < 4.78 is 77.3. The topological polar surface area (TPSA) is 77.8 Å². The van der Waals surface area contributed by atoms with E-state index in [2.05, 4.69) is 0 Å². The first-order chi connectivity index (χ1) is 10.2. The molecule has 0 amide bonds. The van der Waals surface area contributed by atoms with E-state index < -0.39 is 54.7 Å². The Hall–Kier alpha value is -1.29. The molecular weight excluding hydrogens is 334 g/mol. The molecular formula is C13H16F6O4. The molecule has 0 bridgehead atoms. The van der Waals surface area contributed by atoms with Gasteiger partial charge in [0, 0.05) is 11.5 Å². The maximum absolute atomic E-state index is 12.9. The minimum atomic E-state index is -6.02. The summed E-state index contributed by atoms with van der Waals surface area (Å²) in [6.45, 7) is 1.15. The van der Waals surface area contributed by atoms with E-state index in [0.717, 1.165) is 13.0 Å². The molecule has 0 aromatic carbocycles. The number of halogens is 6. The van der Waals surface area contributed by atoms with E-state index in [1.807, 2.05) is 0 Å². The Morgan fingerprint density at radius 2 is 1.57 bits per heavy atom. The Balaban J connectivity index is 3.21. The van der Waals surface area contributed by atoms with Crippen molar-refractivity contribution < 1.29 is 46.5 Å². The lowest BCUT2D eigenvalue weighted by atomic mass is 9.70. The van der Waals surface area contributed by atoms with Crippen molar-refractivity contribution in [2.75, 3.05) is 0 Å². The number of carboxylic acids is 1. The zero-order valence-corrected chi connectivity index (χ0v) is 11.9. The largest absolute Gasteiger partial charge is 0.478 e. The van der Waals surface area contributed by atoms with Gasteiger partial charge in [-0.1, -0.05) is 6.08 Å². The minimum Gasteiger partial charge on any atom is -0.478 e. The number of alkyl halides is 6. The molecule has 0 heterocycles. The van der Waals surface area contributed by atoms with E-state index in [9.17, 15) is 41.4 Å². The van der Waals surface area contributed by atoms with E-state index in [1.54, 1.807) is 0 Å². The molecule has 0 radical (unpaired) electrons. The van der Waals surface area contributed by atoms with Gasteiger partial charge in [-0.3, -0.25) is 0 Å². The second kappa shape index (κ2) is 6.31. The van der Waals surface area contributed by atoms with Gasteiger partial charge in [0.1, 0.15) is 0 Å². The number of hydrogen-bond acceptors (Lipinski definition) is 3. The smallest absolute Gasteiger partial charge is 0.426 e. The number of carbonyl (C=O) groups is 1. The molecule has 0 saturated heterocycles. The third kappa shape index (κ3) is 3.79. The number of aliphatic carboxylic acids is 1.